The van der Waals surface area contributed by atoms with Crippen LogP contribution in [0.25, 0.3) is 11.0 Å². The first kappa shape index (κ1) is 12.9. The first-order valence-corrected chi connectivity index (χ1v) is 7.90. The topological polar surface area (TPSA) is 17.8 Å². The van der Waals surface area contributed by atoms with Crippen molar-refractivity contribution in [2.75, 3.05) is 0 Å². The number of aryl methyl sites for hydroxylation is 1. The molecule has 3 aromatic rings. The summed E-state index contributed by atoms with van der Waals surface area (Å²) >= 11 is 6.12. The van der Waals surface area contributed by atoms with Gasteiger partial charge in [0.05, 0.1) is 16.9 Å². The van der Waals surface area contributed by atoms with Crippen molar-refractivity contribution in [1.29, 1.82) is 0 Å². The molecule has 1 aliphatic rings. The van der Waals surface area contributed by atoms with Crippen LogP contribution in [0, 0.1) is 6.92 Å². The van der Waals surface area contributed by atoms with Crippen LogP contribution in [0.2, 0.25) is 0 Å². The third-order valence-corrected chi connectivity index (χ3v) is 4.78. The molecule has 1 atom stereocenters. The molecule has 1 aliphatic carbocycles. The maximum Gasteiger partial charge on any atom is 0.124 e. The summed E-state index contributed by atoms with van der Waals surface area (Å²) in [6, 6.07) is 15.1. The minimum absolute atomic E-state index is 0.461. The van der Waals surface area contributed by atoms with E-state index in [1.807, 2.05) is 0 Å². The summed E-state index contributed by atoms with van der Waals surface area (Å²) < 4.78 is 2.30. The van der Waals surface area contributed by atoms with Gasteiger partial charge in [0.15, 0.2) is 0 Å². The second-order valence-electron chi connectivity index (χ2n) is 5.81. The highest BCUT2D eigenvalue weighted by molar-refractivity contribution is 6.16. The monoisotopic (exact) mass is 296 g/mol. The van der Waals surface area contributed by atoms with E-state index < -0.39 is 0 Å². The van der Waals surface area contributed by atoms with E-state index in [1.54, 1.807) is 0 Å². The van der Waals surface area contributed by atoms with Crippen LogP contribution in [0.3, 0.4) is 0 Å². The van der Waals surface area contributed by atoms with Gasteiger partial charge in [-0.05, 0) is 36.1 Å². The Morgan fingerprint density at radius 3 is 2.86 bits per heavy atom. The molecular formula is C18H17ClN2. The second kappa shape index (κ2) is 4.88. The van der Waals surface area contributed by atoms with E-state index in [-0.39, 0.29) is 0 Å². The average molecular weight is 297 g/mol. The molecule has 0 saturated heterocycles. The molecule has 1 unspecified atom stereocenters. The Labute approximate surface area is 129 Å². The highest BCUT2D eigenvalue weighted by Gasteiger charge is 2.27. The number of fused-ring (bicyclic) bond motifs is 2. The van der Waals surface area contributed by atoms with Crippen LogP contribution in [0.15, 0.2) is 42.5 Å². The molecular weight excluding hydrogens is 280 g/mol. The molecule has 21 heavy (non-hydrogen) atoms. The molecule has 4 rings (SSSR count). The summed E-state index contributed by atoms with van der Waals surface area (Å²) in [4.78, 5) is 4.73. The quantitative estimate of drug-likeness (QED) is 0.654. The van der Waals surface area contributed by atoms with Crippen LogP contribution in [0.1, 0.15) is 28.4 Å². The first-order valence-electron chi connectivity index (χ1n) is 7.36. The first-order chi connectivity index (χ1) is 10.3. The number of hydrogen-bond acceptors (Lipinski definition) is 1. The van der Waals surface area contributed by atoms with Gasteiger partial charge in [-0.15, -0.1) is 11.6 Å². The fourth-order valence-corrected chi connectivity index (χ4v) is 3.59. The molecule has 0 fully saturated rings. The maximum absolute atomic E-state index is 6.12. The highest BCUT2D eigenvalue weighted by Crippen LogP contribution is 2.37. The molecule has 106 valence electrons. The lowest BCUT2D eigenvalue weighted by molar-refractivity contribution is 0.508. The zero-order valence-corrected chi connectivity index (χ0v) is 12.8. The van der Waals surface area contributed by atoms with Gasteiger partial charge in [0.25, 0.3) is 0 Å². The van der Waals surface area contributed by atoms with Gasteiger partial charge in [-0.3, -0.25) is 0 Å². The predicted molar refractivity (Wildman–Crippen MR) is 86.9 cm³/mol. The van der Waals surface area contributed by atoms with Crippen molar-refractivity contribution in [3.63, 3.8) is 0 Å². The Bertz CT molecular complexity index is 819. The molecule has 2 nitrogen and oxygen atoms in total. The summed E-state index contributed by atoms with van der Waals surface area (Å²) in [6.45, 7) is 3.08. The van der Waals surface area contributed by atoms with Gasteiger partial charge in [-0.2, -0.15) is 0 Å². The lowest BCUT2D eigenvalue weighted by Gasteiger charge is -2.31. The molecule has 1 heterocycles. The Hall–Kier alpha value is -1.80. The number of aromatic nitrogens is 2. The van der Waals surface area contributed by atoms with Gasteiger partial charge in [-0.1, -0.05) is 36.4 Å². The van der Waals surface area contributed by atoms with Crippen molar-refractivity contribution in [1.82, 2.24) is 9.55 Å². The minimum Gasteiger partial charge on any atom is -0.326 e. The van der Waals surface area contributed by atoms with E-state index in [2.05, 4.69) is 54.0 Å². The van der Waals surface area contributed by atoms with Gasteiger partial charge in [0.2, 0.25) is 0 Å². The number of rotatable bonds is 3. The van der Waals surface area contributed by atoms with Crippen molar-refractivity contribution >= 4 is 22.6 Å². The number of para-hydroxylation sites is 1. The number of imidazole rings is 1. The highest BCUT2D eigenvalue weighted by atomic mass is 35.5. The number of hydrogen-bond donors (Lipinski definition) is 0. The Balaban J connectivity index is 1.76. The maximum atomic E-state index is 6.12. The summed E-state index contributed by atoms with van der Waals surface area (Å²) in [7, 11) is 0. The lowest BCUT2D eigenvalue weighted by Crippen LogP contribution is -2.22. The standard InChI is InChI=1S/C18H17ClN2/c1-12-5-4-8-16-18(12)20-17(10-19)21(16)11-14-9-13-6-2-3-7-15(13)14/h2-8,14H,9-11H2,1H3. The third kappa shape index (κ3) is 1.97. The summed E-state index contributed by atoms with van der Waals surface area (Å²) in [5, 5.41) is 0. The average Bonchev–Trinajstić information content (AvgIpc) is 2.84. The van der Waals surface area contributed by atoms with E-state index in [0.29, 0.717) is 11.8 Å². The molecule has 0 amide bonds. The van der Waals surface area contributed by atoms with Crippen LogP contribution in [-0.4, -0.2) is 9.55 Å². The third-order valence-electron chi connectivity index (χ3n) is 4.54. The zero-order chi connectivity index (χ0) is 14.4. The van der Waals surface area contributed by atoms with Crippen molar-refractivity contribution in [2.45, 2.75) is 31.7 Å². The minimum atomic E-state index is 0.461. The lowest BCUT2D eigenvalue weighted by atomic mass is 9.77. The molecule has 0 bridgehead atoms. The molecule has 0 radical (unpaired) electrons. The summed E-state index contributed by atoms with van der Waals surface area (Å²) in [6.07, 6.45) is 1.16. The molecule has 0 N–H and O–H groups in total. The molecule has 0 aliphatic heterocycles. The van der Waals surface area contributed by atoms with Gasteiger partial charge in [0, 0.05) is 12.5 Å². The van der Waals surface area contributed by atoms with Crippen molar-refractivity contribution in [2.24, 2.45) is 0 Å². The van der Waals surface area contributed by atoms with E-state index >= 15 is 0 Å². The number of nitrogens with zero attached hydrogens (tertiary/aromatic N) is 2. The van der Waals surface area contributed by atoms with E-state index in [4.69, 9.17) is 16.6 Å². The van der Waals surface area contributed by atoms with Gasteiger partial charge < -0.3 is 4.57 Å². The van der Waals surface area contributed by atoms with Crippen LogP contribution >= 0.6 is 11.6 Å². The second-order valence-corrected chi connectivity index (χ2v) is 6.08. The predicted octanol–water partition coefficient (Wildman–Crippen LogP) is 4.42. The molecule has 2 aromatic carbocycles. The van der Waals surface area contributed by atoms with Crippen LogP contribution in [0.5, 0.6) is 0 Å². The van der Waals surface area contributed by atoms with Gasteiger partial charge >= 0.3 is 0 Å². The Morgan fingerprint density at radius 2 is 2.05 bits per heavy atom. The smallest absolute Gasteiger partial charge is 0.124 e. The molecule has 0 spiro atoms. The largest absolute Gasteiger partial charge is 0.326 e. The zero-order valence-electron chi connectivity index (χ0n) is 12.0. The van der Waals surface area contributed by atoms with Gasteiger partial charge in [0.1, 0.15) is 5.82 Å². The van der Waals surface area contributed by atoms with Gasteiger partial charge in [-0.25, -0.2) is 4.98 Å². The Morgan fingerprint density at radius 1 is 1.19 bits per heavy atom. The number of benzene rings is 2. The Kier molecular flexibility index (Phi) is 3.00. The van der Waals surface area contributed by atoms with Crippen LogP contribution in [-0.2, 0) is 18.8 Å². The SMILES string of the molecule is Cc1cccc2c1nc(CCl)n2CC1Cc2ccccc21. The van der Waals surface area contributed by atoms with Crippen molar-refractivity contribution < 1.29 is 0 Å². The number of halogens is 1. The molecule has 0 saturated carbocycles. The summed E-state index contributed by atoms with van der Waals surface area (Å²) in [5.41, 5.74) is 6.46. The summed E-state index contributed by atoms with van der Waals surface area (Å²) in [5.74, 6) is 2.02. The molecule has 3 heteroatoms. The van der Waals surface area contributed by atoms with Crippen molar-refractivity contribution in [3.05, 3.63) is 65.0 Å². The van der Waals surface area contributed by atoms with Crippen LogP contribution < -0.4 is 0 Å². The fraction of sp³-hybridized carbons (Fsp3) is 0.278. The fourth-order valence-electron chi connectivity index (χ4n) is 3.39. The van der Waals surface area contributed by atoms with Crippen LogP contribution in [0.4, 0.5) is 0 Å². The van der Waals surface area contributed by atoms with E-state index in [0.717, 1.165) is 24.3 Å². The van der Waals surface area contributed by atoms with E-state index in [9.17, 15) is 0 Å². The molecule has 1 aromatic heterocycles. The number of alkyl halides is 1. The normalized spacial score (nSPS) is 16.8. The van der Waals surface area contributed by atoms with E-state index in [1.165, 1.54) is 22.2 Å². The van der Waals surface area contributed by atoms with Crippen molar-refractivity contribution in [3.8, 4) is 0 Å².